The van der Waals surface area contributed by atoms with Gasteiger partial charge in [0, 0.05) is 12.5 Å². The molecule has 0 aromatic heterocycles. The van der Waals surface area contributed by atoms with Crippen LogP contribution in [0.15, 0.2) is 133 Å². The smallest absolute Gasteiger partial charge is 0.338 e. The van der Waals surface area contributed by atoms with Gasteiger partial charge in [-0.25, -0.2) is 4.79 Å². The minimum absolute atomic E-state index is 0.349. The summed E-state index contributed by atoms with van der Waals surface area (Å²) >= 11 is 0. The van der Waals surface area contributed by atoms with Crippen LogP contribution in [0.1, 0.15) is 59.5 Å². The Balaban J connectivity index is 1.41. The highest BCUT2D eigenvalue weighted by Gasteiger charge is 2.34. The second-order valence-corrected chi connectivity index (χ2v) is 11.1. The van der Waals surface area contributed by atoms with Crippen LogP contribution in [-0.4, -0.2) is 23.0 Å². The Morgan fingerprint density at radius 2 is 1.39 bits per heavy atom. The van der Waals surface area contributed by atoms with E-state index < -0.39 is 35.3 Å². The van der Waals surface area contributed by atoms with Crippen molar-refractivity contribution < 1.29 is 29.4 Å². The largest absolute Gasteiger partial charge is 0.595 e. The minimum atomic E-state index is -0.950. The van der Waals surface area contributed by atoms with Crippen LogP contribution >= 0.6 is 0 Å². The van der Waals surface area contributed by atoms with E-state index in [1.165, 1.54) is 5.56 Å². The molecule has 44 heavy (non-hydrogen) atoms. The number of hydroxylamine groups is 2. The van der Waals surface area contributed by atoms with Gasteiger partial charge in [-0.2, -0.15) is 10.1 Å². The normalized spacial score (nSPS) is 19.0. The zero-order valence-corrected chi connectivity index (χ0v) is 25.1. The third-order valence-corrected chi connectivity index (χ3v) is 7.52. The molecule has 0 spiro atoms. The van der Waals surface area contributed by atoms with E-state index in [1.807, 2.05) is 111 Å². The molecule has 2 N–H and O–H groups in total. The van der Waals surface area contributed by atoms with Gasteiger partial charge in [0.25, 0.3) is 0 Å². The highest BCUT2D eigenvalue weighted by molar-refractivity contribution is 5.90. The predicted octanol–water partition coefficient (Wildman–Crippen LogP) is 6.57. The lowest BCUT2D eigenvalue weighted by Gasteiger charge is -2.34. The Morgan fingerprint density at radius 3 is 1.91 bits per heavy atom. The highest BCUT2D eigenvalue weighted by atomic mass is 16.9. The van der Waals surface area contributed by atoms with E-state index in [1.54, 1.807) is 37.3 Å². The Bertz CT molecular complexity index is 1580. The maximum atomic E-state index is 13.6. The number of esters is 1. The second-order valence-electron chi connectivity index (χ2n) is 11.1. The van der Waals surface area contributed by atoms with Crippen molar-refractivity contribution in [2.24, 2.45) is 0 Å². The molecule has 5 atom stereocenters. The SMILES string of the molecule is Cc1ccc(-c2ccc(C(=O)O[C@H](c3ccccc3)[C@H](O[NH+]([O-])C3=CCC(C)(OC(C)O)C=C3)c3ccccc3)cc2)cc1. The number of ether oxygens (including phenoxy) is 2. The first-order chi connectivity index (χ1) is 21.2. The lowest BCUT2D eigenvalue weighted by atomic mass is 9.96. The maximum Gasteiger partial charge on any atom is 0.338 e. The van der Waals surface area contributed by atoms with Crippen molar-refractivity contribution in [3.63, 3.8) is 0 Å². The number of aliphatic hydroxyl groups is 1. The molecule has 7 nitrogen and oxygen atoms in total. The summed E-state index contributed by atoms with van der Waals surface area (Å²) in [6.07, 6.45) is 2.67. The number of rotatable bonds is 11. The van der Waals surface area contributed by atoms with Gasteiger partial charge in [-0.1, -0.05) is 103 Å². The van der Waals surface area contributed by atoms with Crippen LogP contribution in [0.25, 0.3) is 11.1 Å². The minimum Gasteiger partial charge on any atom is -0.595 e. The molecule has 0 heterocycles. The van der Waals surface area contributed by atoms with Gasteiger partial charge >= 0.3 is 5.97 Å². The number of benzene rings is 4. The van der Waals surface area contributed by atoms with Gasteiger partial charge in [-0.3, -0.25) is 0 Å². The molecule has 0 fully saturated rings. The molecular weight excluding hydrogens is 554 g/mol. The molecule has 226 valence electrons. The molecule has 0 amide bonds. The molecular formula is C37H37NO6. The van der Waals surface area contributed by atoms with Crippen LogP contribution in [0.4, 0.5) is 0 Å². The summed E-state index contributed by atoms with van der Waals surface area (Å²) in [5.74, 6) is -0.533. The third kappa shape index (κ3) is 7.77. The van der Waals surface area contributed by atoms with Crippen LogP contribution in [0.2, 0.25) is 0 Å². The molecule has 0 saturated heterocycles. The molecule has 0 saturated carbocycles. The average molecular weight is 592 g/mol. The fraction of sp³-hybridized carbons (Fsp3) is 0.216. The number of allylic oxidation sites excluding steroid dienone is 1. The Kier molecular flexibility index (Phi) is 9.85. The van der Waals surface area contributed by atoms with Crippen LogP contribution in [0, 0.1) is 12.1 Å². The number of carbonyl (C=O) groups excluding carboxylic acids is 1. The van der Waals surface area contributed by atoms with Crippen molar-refractivity contribution in [3.05, 3.63) is 161 Å². The Hall–Kier alpha value is -4.37. The van der Waals surface area contributed by atoms with Gasteiger partial charge in [-0.05, 0) is 67.3 Å². The molecule has 5 rings (SSSR count). The Morgan fingerprint density at radius 1 is 0.841 bits per heavy atom. The first kappa shape index (κ1) is 31.1. The van der Waals surface area contributed by atoms with Crippen molar-refractivity contribution >= 4 is 5.97 Å². The van der Waals surface area contributed by atoms with E-state index in [4.69, 9.17) is 14.3 Å². The second kappa shape index (κ2) is 13.9. The number of hydrogen-bond acceptors (Lipinski definition) is 6. The number of nitrogens with one attached hydrogen (secondary N) is 1. The molecule has 4 aromatic carbocycles. The topological polar surface area (TPSA) is 92.5 Å². The summed E-state index contributed by atoms with van der Waals surface area (Å²) in [4.78, 5) is 19.7. The fourth-order valence-corrected chi connectivity index (χ4v) is 5.15. The fourth-order valence-electron chi connectivity index (χ4n) is 5.15. The summed E-state index contributed by atoms with van der Waals surface area (Å²) in [6.45, 7) is 5.42. The van der Waals surface area contributed by atoms with Gasteiger partial charge in [0.05, 0.1) is 11.2 Å². The summed E-state index contributed by atoms with van der Waals surface area (Å²) in [5.41, 5.74) is 4.57. The Labute approximate surface area is 258 Å². The molecule has 1 aliphatic rings. The number of aryl methyl sites for hydroxylation is 1. The zero-order chi connectivity index (χ0) is 31.1. The molecule has 0 bridgehead atoms. The molecule has 0 aliphatic heterocycles. The first-order valence-corrected chi connectivity index (χ1v) is 14.6. The van der Waals surface area contributed by atoms with Gasteiger partial charge in [0.1, 0.15) is 0 Å². The molecule has 7 heteroatoms. The molecule has 3 unspecified atom stereocenters. The van der Waals surface area contributed by atoms with Gasteiger partial charge in [0.2, 0.25) is 0 Å². The molecule has 4 aromatic rings. The van der Waals surface area contributed by atoms with E-state index in [-0.39, 0.29) is 0 Å². The van der Waals surface area contributed by atoms with Crippen LogP contribution in [-0.2, 0) is 14.3 Å². The van der Waals surface area contributed by atoms with Crippen molar-refractivity contribution in [1.82, 2.24) is 0 Å². The molecule has 1 aliphatic carbocycles. The van der Waals surface area contributed by atoms with Gasteiger partial charge in [0.15, 0.2) is 24.2 Å². The van der Waals surface area contributed by atoms with Crippen molar-refractivity contribution in [1.29, 1.82) is 0 Å². The van der Waals surface area contributed by atoms with Gasteiger partial charge < -0.3 is 19.8 Å². The van der Waals surface area contributed by atoms with E-state index in [0.717, 1.165) is 11.1 Å². The lowest BCUT2D eigenvalue weighted by Crippen LogP contribution is -3.04. The van der Waals surface area contributed by atoms with Crippen LogP contribution in [0.3, 0.4) is 0 Å². The van der Waals surface area contributed by atoms with E-state index in [9.17, 15) is 15.1 Å². The number of aliphatic hydroxyl groups excluding tert-OH is 1. The van der Waals surface area contributed by atoms with E-state index in [2.05, 4.69) is 0 Å². The van der Waals surface area contributed by atoms with Crippen molar-refractivity contribution in [2.75, 3.05) is 0 Å². The average Bonchev–Trinajstić information content (AvgIpc) is 3.03. The van der Waals surface area contributed by atoms with Crippen LogP contribution < -0.4 is 5.23 Å². The monoisotopic (exact) mass is 591 g/mol. The lowest BCUT2D eigenvalue weighted by molar-refractivity contribution is -1.03. The summed E-state index contributed by atoms with van der Waals surface area (Å²) in [5, 5.41) is 22.6. The number of quaternary nitrogens is 1. The predicted molar refractivity (Wildman–Crippen MR) is 169 cm³/mol. The highest BCUT2D eigenvalue weighted by Crippen LogP contribution is 2.35. The first-order valence-electron chi connectivity index (χ1n) is 14.6. The number of hydrogen-bond donors (Lipinski definition) is 2. The van der Waals surface area contributed by atoms with Crippen LogP contribution in [0.5, 0.6) is 0 Å². The summed E-state index contributed by atoms with van der Waals surface area (Å²) in [7, 11) is 0. The standard InChI is InChI=1S/C37H37NO6/c1-26-14-16-28(17-15-26)29-18-20-32(21-19-29)36(40)42-34(30-10-6-4-7-11-30)35(31-12-8-5-9-13-31)44-38(41)33-22-24-37(3,25-23-33)43-27(2)39/h4-24,27,34-35,38-39H,25H2,1-3H3/t27?,34-,35-,37?/m1/s1. The van der Waals surface area contributed by atoms with E-state index >= 15 is 0 Å². The zero-order valence-electron chi connectivity index (χ0n) is 25.1. The maximum absolute atomic E-state index is 13.6. The molecule has 0 radical (unpaired) electrons. The third-order valence-electron chi connectivity index (χ3n) is 7.52. The number of carbonyl (C=O) groups is 1. The van der Waals surface area contributed by atoms with Crippen molar-refractivity contribution in [2.45, 2.75) is 51.3 Å². The summed E-state index contributed by atoms with van der Waals surface area (Å²) in [6, 6.07) is 34.0. The van der Waals surface area contributed by atoms with Crippen molar-refractivity contribution in [3.8, 4) is 11.1 Å². The summed E-state index contributed by atoms with van der Waals surface area (Å²) < 4.78 is 11.8. The van der Waals surface area contributed by atoms with Gasteiger partial charge in [-0.15, -0.1) is 0 Å². The van der Waals surface area contributed by atoms with E-state index in [0.29, 0.717) is 28.8 Å². The quantitative estimate of drug-likeness (QED) is 0.116.